The molecule has 1 aliphatic rings. The lowest BCUT2D eigenvalue weighted by molar-refractivity contribution is -0.121. The highest BCUT2D eigenvalue weighted by molar-refractivity contribution is 5.90. The molecule has 3 N–H and O–H groups in total. The Labute approximate surface area is 114 Å². The van der Waals surface area contributed by atoms with Crippen LogP contribution < -0.4 is 11.1 Å². The number of amides is 1. The summed E-state index contributed by atoms with van der Waals surface area (Å²) in [6, 6.07) is 1.89. The monoisotopic (exact) mass is 262 g/mol. The molecule has 0 aromatic carbocycles. The molecule has 0 bridgehead atoms. The van der Waals surface area contributed by atoms with Crippen molar-refractivity contribution in [3.63, 3.8) is 0 Å². The maximum atomic E-state index is 12.2. The minimum atomic E-state index is 0.0421. The van der Waals surface area contributed by atoms with Crippen LogP contribution in [-0.2, 0) is 4.79 Å². The second-order valence-corrected chi connectivity index (χ2v) is 5.42. The standard InChI is InChI=1S/C14H22N4O/c1-9-7-10(2)17-14(16-9)18-13(19)12-5-3-11(8-15)4-6-12/h7,11-12H,3-6,8,15H2,1-2H3,(H,16,17,18,19). The molecule has 0 spiro atoms. The normalized spacial score (nSPS) is 23.1. The van der Waals surface area contributed by atoms with Gasteiger partial charge in [-0.3, -0.25) is 10.1 Å². The van der Waals surface area contributed by atoms with Crippen LogP contribution in [0.3, 0.4) is 0 Å². The molecule has 0 unspecified atom stereocenters. The van der Waals surface area contributed by atoms with Gasteiger partial charge >= 0.3 is 0 Å². The smallest absolute Gasteiger partial charge is 0.229 e. The number of aromatic nitrogens is 2. The molecule has 1 heterocycles. The Bertz CT molecular complexity index is 433. The first-order valence-electron chi connectivity index (χ1n) is 6.91. The summed E-state index contributed by atoms with van der Waals surface area (Å²) in [6.07, 6.45) is 3.92. The number of aryl methyl sites for hydroxylation is 2. The van der Waals surface area contributed by atoms with E-state index in [0.29, 0.717) is 11.9 Å². The number of carbonyl (C=O) groups excluding carboxylic acids is 1. The largest absolute Gasteiger partial charge is 0.330 e. The van der Waals surface area contributed by atoms with Gasteiger partial charge in [-0.1, -0.05) is 0 Å². The highest BCUT2D eigenvalue weighted by Gasteiger charge is 2.26. The molecule has 0 saturated heterocycles. The molecule has 19 heavy (non-hydrogen) atoms. The first kappa shape index (κ1) is 13.9. The van der Waals surface area contributed by atoms with Gasteiger partial charge in [-0.05, 0) is 58.1 Å². The Balaban J connectivity index is 1.94. The highest BCUT2D eigenvalue weighted by Crippen LogP contribution is 2.28. The quantitative estimate of drug-likeness (QED) is 0.870. The van der Waals surface area contributed by atoms with E-state index in [9.17, 15) is 4.79 Å². The topological polar surface area (TPSA) is 80.9 Å². The SMILES string of the molecule is Cc1cc(C)nc(NC(=O)C2CCC(CN)CC2)n1. The van der Waals surface area contributed by atoms with Gasteiger partial charge in [0.2, 0.25) is 11.9 Å². The van der Waals surface area contributed by atoms with E-state index >= 15 is 0 Å². The zero-order chi connectivity index (χ0) is 13.8. The first-order valence-corrected chi connectivity index (χ1v) is 6.91. The Morgan fingerprint density at radius 3 is 2.37 bits per heavy atom. The summed E-state index contributed by atoms with van der Waals surface area (Å²) in [5.41, 5.74) is 7.40. The molecule has 1 amide bonds. The van der Waals surface area contributed by atoms with E-state index in [1.54, 1.807) is 0 Å². The van der Waals surface area contributed by atoms with E-state index in [1.807, 2.05) is 19.9 Å². The highest BCUT2D eigenvalue weighted by atomic mass is 16.2. The lowest BCUT2D eigenvalue weighted by Gasteiger charge is -2.26. The van der Waals surface area contributed by atoms with Crippen molar-refractivity contribution in [2.24, 2.45) is 17.6 Å². The van der Waals surface area contributed by atoms with Crippen LogP contribution in [-0.4, -0.2) is 22.4 Å². The average molecular weight is 262 g/mol. The zero-order valence-corrected chi connectivity index (χ0v) is 11.6. The van der Waals surface area contributed by atoms with E-state index in [1.165, 1.54) is 0 Å². The van der Waals surface area contributed by atoms with Crippen molar-refractivity contribution in [2.75, 3.05) is 11.9 Å². The van der Waals surface area contributed by atoms with Crippen molar-refractivity contribution in [2.45, 2.75) is 39.5 Å². The fourth-order valence-electron chi connectivity index (χ4n) is 2.65. The fraction of sp³-hybridized carbons (Fsp3) is 0.643. The maximum Gasteiger partial charge on any atom is 0.229 e. The lowest BCUT2D eigenvalue weighted by Crippen LogP contribution is -2.30. The number of hydrogen-bond acceptors (Lipinski definition) is 4. The molecular formula is C14H22N4O. The first-order chi connectivity index (χ1) is 9.08. The molecule has 1 fully saturated rings. The van der Waals surface area contributed by atoms with Gasteiger partial charge < -0.3 is 5.73 Å². The van der Waals surface area contributed by atoms with Gasteiger partial charge in [0.05, 0.1) is 0 Å². The number of nitrogens with one attached hydrogen (secondary N) is 1. The van der Waals surface area contributed by atoms with Crippen molar-refractivity contribution in [1.29, 1.82) is 0 Å². The molecule has 104 valence electrons. The summed E-state index contributed by atoms with van der Waals surface area (Å²) < 4.78 is 0. The molecule has 5 nitrogen and oxygen atoms in total. The molecule has 5 heteroatoms. The van der Waals surface area contributed by atoms with Gasteiger partial charge in [0, 0.05) is 17.3 Å². The van der Waals surface area contributed by atoms with Gasteiger partial charge in [0.1, 0.15) is 0 Å². The number of carbonyl (C=O) groups is 1. The molecule has 1 saturated carbocycles. The third-order valence-corrected chi connectivity index (χ3v) is 3.77. The third-order valence-electron chi connectivity index (χ3n) is 3.77. The molecule has 1 aromatic heterocycles. The lowest BCUT2D eigenvalue weighted by atomic mass is 9.81. The number of rotatable bonds is 3. The van der Waals surface area contributed by atoms with Crippen LogP contribution in [0.5, 0.6) is 0 Å². The van der Waals surface area contributed by atoms with Crippen LogP contribution in [0.2, 0.25) is 0 Å². The Morgan fingerprint density at radius 1 is 1.26 bits per heavy atom. The molecule has 1 aromatic rings. The van der Waals surface area contributed by atoms with Crippen LogP contribution >= 0.6 is 0 Å². The van der Waals surface area contributed by atoms with Crippen molar-refractivity contribution >= 4 is 11.9 Å². The number of anilines is 1. The van der Waals surface area contributed by atoms with Crippen LogP contribution in [0, 0.1) is 25.7 Å². The average Bonchev–Trinajstić information content (AvgIpc) is 2.37. The molecule has 0 aliphatic heterocycles. The summed E-state index contributed by atoms with van der Waals surface area (Å²) in [6.45, 7) is 4.53. The summed E-state index contributed by atoms with van der Waals surface area (Å²) in [5, 5.41) is 2.83. The van der Waals surface area contributed by atoms with E-state index in [-0.39, 0.29) is 11.8 Å². The van der Waals surface area contributed by atoms with Gasteiger partial charge in [-0.2, -0.15) is 0 Å². The van der Waals surface area contributed by atoms with Crippen molar-refractivity contribution in [1.82, 2.24) is 9.97 Å². The van der Waals surface area contributed by atoms with Gasteiger partial charge in [-0.25, -0.2) is 9.97 Å². The van der Waals surface area contributed by atoms with Crippen molar-refractivity contribution in [3.05, 3.63) is 17.5 Å². The molecule has 2 rings (SSSR count). The van der Waals surface area contributed by atoms with Gasteiger partial charge in [0.15, 0.2) is 0 Å². The van der Waals surface area contributed by atoms with Crippen molar-refractivity contribution in [3.8, 4) is 0 Å². The van der Waals surface area contributed by atoms with Crippen LogP contribution in [0.1, 0.15) is 37.1 Å². The number of nitrogens with two attached hydrogens (primary N) is 1. The summed E-state index contributed by atoms with van der Waals surface area (Å²) in [5.74, 6) is 1.12. The molecular weight excluding hydrogens is 240 g/mol. The molecule has 0 atom stereocenters. The Kier molecular flexibility index (Phi) is 4.47. The second kappa shape index (κ2) is 6.10. The Hall–Kier alpha value is -1.49. The fourth-order valence-corrected chi connectivity index (χ4v) is 2.65. The Morgan fingerprint density at radius 2 is 1.84 bits per heavy atom. The number of nitrogens with zero attached hydrogens (tertiary/aromatic N) is 2. The minimum absolute atomic E-state index is 0.0421. The van der Waals surface area contributed by atoms with Crippen LogP contribution in [0.4, 0.5) is 5.95 Å². The second-order valence-electron chi connectivity index (χ2n) is 5.42. The number of hydrogen-bond donors (Lipinski definition) is 2. The molecule has 1 aliphatic carbocycles. The maximum absolute atomic E-state index is 12.2. The van der Waals surface area contributed by atoms with Gasteiger partial charge in [-0.15, -0.1) is 0 Å². The van der Waals surface area contributed by atoms with E-state index < -0.39 is 0 Å². The molecule has 0 radical (unpaired) electrons. The van der Waals surface area contributed by atoms with Crippen molar-refractivity contribution < 1.29 is 4.79 Å². The third kappa shape index (κ3) is 3.73. The van der Waals surface area contributed by atoms with E-state index in [0.717, 1.165) is 43.6 Å². The predicted octanol–water partition coefficient (Wildman–Crippen LogP) is 1.80. The van der Waals surface area contributed by atoms with E-state index in [4.69, 9.17) is 5.73 Å². The van der Waals surface area contributed by atoms with E-state index in [2.05, 4.69) is 15.3 Å². The van der Waals surface area contributed by atoms with Crippen LogP contribution in [0.25, 0.3) is 0 Å². The summed E-state index contributed by atoms with van der Waals surface area (Å²) in [4.78, 5) is 20.6. The van der Waals surface area contributed by atoms with Gasteiger partial charge in [0.25, 0.3) is 0 Å². The van der Waals surface area contributed by atoms with Crippen LogP contribution in [0.15, 0.2) is 6.07 Å². The summed E-state index contributed by atoms with van der Waals surface area (Å²) in [7, 11) is 0. The minimum Gasteiger partial charge on any atom is -0.330 e. The predicted molar refractivity (Wildman–Crippen MR) is 74.6 cm³/mol. The zero-order valence-electron chi connectivity index (χ0n) is 11.6. The summed E-state index contributed by atoms with van der Waals surface area (Å²) >= 11 is 0.